The maximum atomic E-state index is 12.7. The number of oxime groups is 1. The Labute approximate surface area is 113 Å². The first-order chi connectivity index (χ1) is 8.53. The molecule has 18 heavy (non-hydrogen) atoms. The van der Waals surface area contributed by atoms with E-state index < -0.39 is 5.41 Å². The summed E-state index contributed by atoms with van der Waals surface area (Å²) >= 11 is 1.86. The van der Waals surface area contributed by atoms with Gasteiger partial charge in [-0.05, 0) is 19.8 Å². The highest BCUT2D eigenvalue weighted by Crippen LogP contribution is 2.32. The maximum Gasteiger partial charge on any atom is 0.236 e. The van der Waals surface area contributed by atoms with Gasteiger partial charge >= 0.3 is 0 Å². The summed E-state index contributed by atoms with van der Waals surface area (Å²) in [5, 5.41) is 12.0. The zero-order chi connectivity index (χ0) is 13.8. The molecule has 1 saturated heterocycles. The Hall–Kier alpha value is -0.910. The molecule has 0 radical (unpaired) electrons. The highest BCUT2D eigenvalue weighted by molar-refractivity contribution is 7.99. The van der Waals surface area contributed by atoms with Crippen molar-refractivity contribution < 1.29 is 10.0 Å². The Bertz CT molecular complexity index is 329. The third-order valence-corrected chi connectivity index (χ3v) is 5.03. The molecule has 1 rings (SSSR count). The van der Waals surface area contributed by atoms with Crippen molar-refractivity contribution in [1.82, 2.24) is 4.90 Å². The predicted molar refractivity (Wildman–Crippen MR) is 74.9 cm³/mol. The summed E-state index contributed by atoms with van der Waals surface area (Å²) < 4.78 is 0. The minimum absolute atomic E-state index is 0.00407. The van der Waals surface area contributed by atoms with Gasteiger partial charge in [0.05, 0.1) is 0 Å². The van der Waals surface area contributed by atoms with Crippen LogP contribution in [-0.4, -0.2) is 45.9 Å². The third-order valence-electron chi connectivity index (χ3n) is 3.84. The molecule has 0 aromatic carbocycles. The van der Waals surface area contributed by atoms with E-state index >= 15 is 0 Å². The zero-order valence-corrected chi connectivity index (χ0v) is 12.2. The summed E-state index contributed by atoms with van der Waals surface area (Å²) in [6, 6.07) is 0.209. The van der Waals surface area contributed by atoms with Crippen molar-refractivity contribution >= 4 is 23.5 Å². The van der Waals surface area contributed by atoms with E-state index in [1.807, 2.05) is 37.4 Å². The number of nitrogens with zero attached hydrogens (tertiary/aromatic N) is 2. The zero-order valence-electron chi connectivity index (χ0n) is 11.3. The Morgan fingerprint density at radius 3 is 2.61 bits per heavy atom. The largest absolute Gasteiger partial charge is 0.409 e. The van der Waals surface area contributed by atoms with Crippen LogP contribution in [0.1, 0.15) is 33.6 Å². The van der Waals surface area contributed by atoms with Crippen LogP contribution in [0, 0.1) is 5.41 Å². The average Bonchev–Trinajstić information content (AvgIpc) is 2.40. The summed E-state index contributed by atoms with van der Waals surface area (Å²) in [6.45, 7) is 6.60. The lowest BCUT2D eigenvalue weighted by molar-refractivity contribution is -0.140. The molecule has 104 valence electrons. The lowest BCUT2D eigenvalue weighted by Gasteiger charge is -2.40. The summed E-state index contributed by atoms with van der Waals surface area (Å²) in [6.07, 6.45) is 1.10. The quantitative estimate of drug-likeness (QED) is 0.352. The minimum Gasteiger partial charge on any atom is -0.409 e. The molecule has 1 heterocycles. The summed E-state index contributed by atoms with van der Waals surface area (Å²) in [7, 11) is 0. The van der Waals surface area contributed by atoms with Gasteiger partial charge < -0.3 is 15.8 Å². The van der Waals surface area contributed by atoms with Gasteiger partial charge in [-0.2, -0.15) is 11.8 Å². The molecule has 1 amide bonds. The van der Waals surface area contributed by atoms with Crippen molar-refractivity contribution in [2.45, 2.75) is 39.7 Å². The lowest BCUT2D eigenvalue weighted by Crippen LogP contribution is -2.55. The Balaban J connectivity index is 3.02. The molecule has 1 aliphatic rings. The van der Waals surface area contributed by atoms with Crippen molar-refractivity contribution in [2.24, 2.45) is 16.3 Å². The number of carbonyl (C=O) groups is 1. The maximum absolute atomic E-state index is 12.7. The molecule has 5 nitrogen and oxygen atoms in total. The topological polar surface area (TPSA) is 78.9 Å². The fourth-order valence-corrected chi connectivity index (χ4v) is 3.44. The van der Waals surface area contributed by atoms with Crippen molar-refractivity contribution in [3.05, 3.63) is 0 Å². The van der Waals surface area contributed by atoms with Gasteiger partial charge in [0.15, 0.2) is 5.84 Å². The number of hydrogen-bond acceptors (Lipinski definition) is 4. The highest BCUT2D eigenvalue weighted by atomic mass is 32.2. The second-order valence-electron chi connectivity index (χ2n) is 4.70. The number of nitrogens with two attached hydrogens (primary N) is 1. The molecule has 0 spiro atoms. The fraction of sp³-hybridized carbons (Fsp3) is 0.833. The second-order valence-corrected chi connectivity index (χ2v) is 5.85. The molecule has 0 saturated carbocycles. The van der Waals surface area contributed by atoms with Crippen molar-refractivity contribution in [3.8, 4) is 0 Å². The molecule has 0 aromatic heterocycles. The monoisotopic (exact) mass is 273 g/mol. The Kier molecular flexibility index (Phi) is 5.31. The summed E-state index contributed by atoms with van der Waals surface area (Å²) in [5.74, 6) is 1.93. The normalized spacial score (nSPS) is 22.1. The van der Waals surface area contributed by atoms with E-state index in [1.54, 1.807) is 0 Å². The first-order valence-corrected chi connectivity index (χ1v) is 7.55. The molecule has 1 unspecified atom stereocenters. The van der Waals surface area contributed by atoms with Gasteiger partial charge in [0.1, 0.15) is 5.41 Å². The van der Waals surface area contributed by atoms with E-state index in [9.17, 15) is 4.79 Å². The van der Waals surface area contributed by atoms with E-state index in [4.69, 9.17) is 10.9 Å². The third kappa shape index (κ3) is 2.58. The first-order valence-electron chi connectivity index (χ1n) is 6.40. The minimum atomic E-state index is -0.856. The van der Waals surface area contributed by atoms with Crippen LogP contribution in [0.2, 0.25) is 0 Å². The fourth-order valence-electron chi connectivity index (χ4n) is 2.42. The summed E-state index contributed by atoms with van der Waals surface area (Å²) in [5.41, 5.74) is 4.92. The molecule has 0 aromatic rings. The van der Waals surface area contributed by atoms with Crippen LogP contribution in [0.25, 0.3) is 0 Å². The second kappa shape index (κ2) is 6.31. The standard InChI is InChI=1S/C12H23N3O2S/c1-4-12(5-2,10(13)14-17)11(16)15-6-7-18-8-9(15)3/h9,17H,4-8H2,1-3H3,(H2,13,14). The summed E-state index contributed by atoms with van der Waals surface area (Å²) in [4.78, 5) is 14.6. The smallest absolute Gasteiger partial charge is 0.236 e. The molecule has 6 heteroatoms. The van der Waals surface area contributed by atoms with Crippen LogP contribution in [-0.2, 0) is 4.79 Å². The molecule has 1 atom stereocenters. The van der Waals surface area contributed by atoms with E-state index in [1.165, 1.54) is 0 Å². The molecule has 3 N–H and O–H groups in total. The van der Waals surface area contributed by atoms with Gasteiger partial charge in [0.2, 0.25) is 5.91 Å². The molecular formula is C12H23N3O2S. The number of hydrogen-bond donors (Lipinski definition) is 2. The lowest BCUT2D eigenvalue weighted by atomic mass is 9.79. The van der Waals surface area contributed by atoms with Crippen LogP contribution in [0.5, 0.6) is 0 Å². The van der Waals surface area contributed by atoms with Crippen LogP contribution >= 0.6 is 11.8 Å². The molecule has 1 aliphatic heterocycles. The van der Waals surface area contributed by atoms with Gasteiger partial charge in [0.25, 0.3) is 0 Å². The highest BCUT2D eigenvalue weighted by Gasteiger charge is 2.44. The van der Waals surface area contributed by atoms with Crippen LogP contribution in [0.3, 0.4) is 0 Å². The molecule has 1 fully saturated rings. The Morgan fingerprint density at radius 2 is 2.17 bits per heavy atom. The van der Waals surface area contributed by atoms with Gasteiger partial charge in [-0.25, -0.2) is 0 Å². The number of amidine groups is 1. The molecular weight excluding hydrogens is 250 g/mol. The van der Waals surface area contributed by atoms with Gasteiger partial charge in [-0.3, -0.25) is 4.79 Å². The number of amides is 1. The first kappa shape index (κ1) is 15.1. The van der Waals surface area contributed by atoms with Gasteiger partial charge in [-0.1, -0.05) is 19.0 Å². The average molecular weight is 273 g/mol. The van der Waals surface area contributed by atoms with E-state index in [-0.39, 0.29) is 17.8 Å². The predicted octanol–water partition coefficient (Wildman–Crippen LogP) is 1.50. The number of thioether (sulfide) groups is 1. The van der Waals surface area contributed by atoms with E-state index in [0.717, 1.165) is 18.1 Å². The number of carbonyl (C=O) groups excluding carboxylic acids is 1. The number of rotatable bonds is 4. The van der Waals surface area contributed by atoms with Crippen LogP contribution < -0.4 is 5.73 Å². The van der Waals surface area contributed by atoms with E-state index in [2.05, 4.69) is 5.16 Å². The van der Waals surface area contributed by atoms with Crippen LogP contribution in [0.15, 0.2) is 5.16 Å². The van der Waals surface area contributed by atoms with Crippen molar-refractivity contribution in [3.63, 3.8) is 0 Å². The van der Waals surface area contributed by atoms with E-state index in [0.29, 0.717) is 12.8 Å². The van der Waals surface area contributed by atoms with Gasteiger partial charge in [0, 0.05) is 24.1 Å². The molecule has 0 aliphatic carbocycles. The van der Waals surface area contributed by atoms with Crippen LogP contribution in [0.4, 0.5) is 0 Å². The SMILES string of the molecule is CCC(CC)(C(=O)N1CCSCC1C)C(N)=NO. The molecule has 0 bridgehead atoms. The van der Waals surface area contributed by atoms with Gasteiger partial charge in [-0.15, -0.1) is 0 Å². The van der Waals surface area contributed by atoms with Crippen molar-refractivity contribution in [1.29, 1.82) is 0 Å². The Morgan fingerprint density at radius 1 is 1.56 bits per heavy atom. The van der Waals surface area contributed by atoms with Crippen molar-refractivity contribution in [2.75, 3.05) is 18.1 Å².